The Morgan fingerprint density at radius 3 is 2.69 bits per heavy atom. The van der Waals surface area contributed by atoms with Gasteiger partial charge in [-0.3, -0.25) is 14.6 Å². The van der Waals surface area contributed by atoms with Gasteiger partial charge < -0.3 is 14.4 Å². The highest BCUT2D eigenvalue weighted by atomic mass is 16.2. The summed E-state index contributed by atoms with van der Waals surface area (Å²) in [5.74, 6) is 0.336. The van der Waals surface area contributed by atoms with E-state index in [1.165, 1.54) is 16.7 Å². The summed E-state index contributed by atoms with van der Waals surface area (Å²) in [4.78, 5) is 37.9. The SMILES string of the molecule is C[NH+](C)Cc1ccccc1-c1ccc2n(c1=O)C[C@H]1C[C@@H]2CN(C(=O)c2cnccn2)C1. The van der Waals surface area contributed by atoms with E-state index in [9.17, 15) is 9.59 Å². The van der Waals surface area contributed by atoms with Crippen molar-refractivity contribution in [1.29, 1.82) is 0 Å². The molecule has 0 saturated carbocycles. The number of aromatic nitrogens is 3. The molecule has 2 bridgehead atoms. The number of amides is 1. The van der Waals surface area contributed by atoms with Crippen LogP contribution in [0, 0.1) is 5.92 Å². The quantitative estimate of drug-likeness (QED) is 0.675. The van der Waals surface area contributed by atoms with Gasteiger partial charge in [0.15, 0.2) is 0 Å². The minimum atomic E-state index is -0.0830. The predicted molar refractivity (Wildman–Crippen MR) is 121 cm³/mol. The van der Waals surface area contributed by atoms with Gasteiger partial charge in [-0.25, -0.2) is 4.98 Å². The Morgan fingerprint density at radius 2 is 1.91 bits per heavy atom. The summed E-state index contributed by atoms with van der Waals surface area (Å²) in [6.45, 7) is 2.75. The number of rotatable bonds is 4. The Bertz CT molecular complexity index is 1200. The molecule has 3 aromatic rings. The van der Waals surface area contributed by atoms with Crippen molar-refractivity contribution in [1.82, 2.24) is 19.4 Å². The average Bonchev–Trinajstić information content (AvgIpc) is 2.80. The number of hydrogen-bond acceptors (Lipinski definition) is 4. The fourth-order valence-corrected chi connectivity index (χ4v) is 5.21. The topological polar surface area (TPSA) is 72.5 Å². The highest BCUT2D eigenvalue weighted by Crippen LogP contribution is 2.36. The molecule has 0 spiro atoms. The lowest BCUT2D eigenvalue weighted by Crippen LogP contribution is -3.04. The number of carbonyl (C=O) groups excluding carboxylic acids is 1. The summed E-state index contributed by atoms with van der Waals surface area (Å²) in [6, 6.07) is 12.3. The summed E-state index contributed by atoms with van der Waals surface area (Å²) in [6.07, 6.45) is 5.64. The molecule has 0 unspecified atom stereocenters. The van der Waals surface area contributed by atoms with Gasteiger partial charge in [-0.05, 0) is 30.0 Å². The standard InChI is InChI=1S/C25H27N5O2/c1-28(2)15-18-5-3-4-6-20(18)21-7-8-23-19-11-17(14-30(23)24(21)31)13-29(16-19)25(32)22-12-26-9-10-27-22/h3-10,12,17,19H,11,13-16H2,1-2H3/p+1/t17-,19+/m0/s1. The van der Waals surface area contributed by atoms with E-state index in [4.69, 9.17) is 0 Å². The fraction of sp³-hybridized carbons (Fsp3) is 0.360. The third-order valence-corrected chi connectivity index (χ3v) is 6.53. The summed E-state index contributed by atoms with van der Waals surface area (Å²) in [5, 5.41) is 0. The molecule has 2 aromatic heterocycles. The molecule has 2 aliphatic rings. The fourth-order valence-electron chi connectivity index (χ4n) is 5.21. The molecule has 2 atom stereocenters. The summed E-state index contributed by atoms with van der Waals surface area (Å²) in [5.41, 5.74) is 4.44. The third kappa shape index (κ3) is 3.73. The number of nitrogens with zero attached hydrogens (tertiary/aromatic N) is 4. The number of quaternary nitrogens is 1. The number of likely N-dealkylation sites (tertiary alicyclic amines) is 1. The van der Waals surface area contributed by atoms with Crippen molar-refractivity contribution in [2.75, 3.05) is 27.2 Å². The molecule has 1 N–H and O–H groups in total. The Balaban J connectivity index is 1.47. The number of carbonyl (C=O) groups is 1. The maximum Gasteiger partial charge on any atom is 0.274 e. The Hall–Kier alpha value is -3.32. The van der Waals surface area contributed by atoms with Crippen molar-refractivity contribution < 1.29 is 9.69 Å². The molecule has 32 heavy (non-hydrogen) atoms. The predicted octanol–water partition coefficient (Wildman–Crippen LogP) is 1.21. The van der Waals surface area contributed by atoms with Gasteiger partial charge in [0, 0.05) is 54.8 Å². The van der Waals surface area contributed by atoms with Gasteiger partial charge in [-0.1, -0.05) is 24.3 Å². The second kappa shape index (κ2) is 8.31. The van der Waals surface area contributed by atoms with E-state index in [0.29, 0.717) is 25.3 Å². The van der Waals surface area contributed by atoms with Gasteiger partial charge >= 0.3 is 0 Å². The first-order chi connectivity index (χ1) is 15.5. The molecule has 5 rings (SSSR count). The largest absolute Gasteiger partial charge is 0.336 e. The first kappa shape index (κ1) is 20.6. The van der Waals surface area contributed by atoms with E-state index in [2.05, 4.69) is 36.2 Å². The number of hydrogen-bond donors (Lipinski definition) is 1. The summed E-state index contributed by atoms with van der Waals surface area (Å²) in [7, 11) is 4.23. The van der Waals surface area contributed by atoms with Crippen LogP contribution in [0.5, 0.6) is 0 Å². The van der Waals surface area contributed by atoms with Crippen molar-refractivity contribution in [3.63, 3.8) is 0 Å². The molecule has 1 fully saturated rings. The zero-order chi connectivity index (χ0) is 22.2. The highest BCUT2D eigenvalue weighted by Gasteiger charge is 2.37. The Kier molecular flexibility index (Phi) is 5.35. The minimum Gasteiger partial charge on any atom is -0.336 e. The molecule has 1 saturated heterocycles. The van der Waals surface area contributed by atoms with Crippen LogP contribution in [0.3, 0.4) is 0 Å². The highest BCUT2D eigenvalue weighted by molar-refractivity contribution is 5.92. The van der Waals surface area contributed by atoms with Gasteiger partial charge in [0.05, 0.1) is 20.3 Å². The normalized spacial score (nSPS) is 19.7. The summed E-state index contributed by atoms with van der Waals surface area (Å²) < 4.78 is 1.96. The number of benzene rings is 1. The molecule has 2 aliphatic heterocycles. The molecule has 1 amide bonds. The van der Waals surface area contributed by atoms with Gasteiger partial charge in [0.2, 0.25) is 0 Å². The van der Waals surface area contributed by atoms with Crippen molar-refractivity contribution in [2.24, 2.45) is 5.92 Å². The first-order valence-electron chi connectivity index (χ1n) is 11.2. The molecule has 7 nitrogen and oxygen atoms in total. The lowest BCUT2D eigenvalue weighted by molar-refractivity contribution is -0.872. The van der Waals surface area contributed by atoms with Crippen molar-refractivity contribution in [3.8, 4) is 11.1 Å². The van der Waals surface area contributed by atoms with Crippen molar-refractivity contribution >= 4 is 5.91 Å². The monoisotopic (exact) mass is 430 g/mol. The lowest BCUT2D eigenvalue weighted by atomic mass is 9.82. The van der Waals surface area contributed by atoms with Crippen LogP contribution in [0.1, 0.15) is 34.1 Å². The van der Waals surface area contributed by atoms with Crippen LogP contribution < -0.4 is 10.5 Å². The van der Waals surface area contributed by atoms with Crippen molar-refractivity contribution in [3.05, 3.63) is 82.3 Å². The molecular weight excluding hydrogens is 402 g/mol. The van der Waals surface area contributed by atoms with Gasteiger partial charge in [-0.2, -0.15) is 0 Å². The maximum atomic E-state index is 13.6. The van der Waals surface area contributed by atoms with Crippen LogP contribution in [0.2, 0.25) is 0 Å². The van der Waals surface area contributed by atoms with E-state index in [-0.39, 0.29) is 23.3 Å². The zero-order valence-electron chi connectivity index (χ0n) is 18.5. The molecule has 164 valence electrons. The first-order valence-corrected chi connectivity index (χ1v) is 11.2. The second-order valence-corrected chi connectivity index (χ2v) is 9.23. The molecule has 1 aromatic carbocycles. The van der Waals surface area contributed by atoms with Gasteiger partial charge in [-0.15, -0.1) is 0 Å². The van der Waals surface area contributed by atoms with Gasteiger partial charge in [0.1, 0.15) is 12.2 Å². The molecule has 0 aliphatic carbocycles. The third-order valence-electron chi connectivity index (χ3n) is 6.53. The second-order valence-electron chi connectivity index (χ2n) is 9.23. The van der Waals surface area contributed by atoms with E-state index in [1.54, 1.807) is 12.4 Å². The Morgan fingerprint density at radius 1 is 1.06 bits per heavy atom. The molecular formula is C25H28N5O2+. The number of nitrogens with one attached hydrogen (secondary N) is 1. The number of fused-ring (bicyclic) bond motifs is 4. The van der Waals surface area contributed by atoms with E-state index >= 15 is 0 Å². The van der Waals surface area contributed by atoms with Crippen LogP contribution in [-0.2, 0) is 13.1 Å². The maximum absolute atomic E-state index is 13.6. The van der Waals surface area contributed by atoms with E-state index in [1.807, 2.05) is 33.7 Å². The minimum absolute atomic E-state index is 0.0760. The van der Waals surface area contributed by atoms with Crippen LogP contribution in [0.4, 0.5) is 0 Å². The molecule has 7 heteroatoms. The van der Waals surface area contributed by atoms with Gasteiger partial charge in [0.25, 0.3) is 11.5 Å². The molecule has 0 radical (unpaired) electrons. The van der Waals surface area contributed by atoms with Crippen LogP contribution in [0.25, 0.3) is 11.1 Å². The molecule has 4 heterocycles. The number of piperidine rings is 1. The van der Waals surface area contributed by atoms with Crippen LogP contribution >= 0.6 is 0 Å². The zero-order valence-corrected chi connectivity index (χ0v) is 18.5. The Labute approximate surface area is 187 Å². The van der Waals surface area contributed by atoms with Crippen molar-refractivity contribution in [2.45, 2.75) is 25.4 Å². The summed E-state index contributed by atoms with van der Waals surface area (Å²) >= 11 is 0. The van der Waals surface area contributed by atoms with Crippen LogP contribution in [0.15, 0.2) is 59.8 Å². The van der Waals surface area contributed by atoms with Crippen LogP contribution in [-0.4, -0.2) is 52.5 Å². The van der Waals surface area contributed by atoms with E-state index < -0.39 is 0 Å². The average molecular weight is 431 g/mol. The van der Waals surface area contributed by atoms with E-state index in [0.717, 1.165) is 29.8 Å². The smallest absolute Gasteiger partial charge is 0.274 e. The lowest BCUT2D eigenvalue weighted by Gasteiger charge is -2.42. The number of pyridine rings is 1.